The van der Waals surface area contributed by atoms with Gasteiger partial charge in [0.1, 0.15) is 0 Å². The van der Waals surface area contributed by atoms with Gasteiger partial charge in [0, 0.05) is 28.9 Å². The van der Waals surface area contributed by atoms with E-state index in [0.717, 1.165) is 5.69 Å². The number of hydrogen-bond acceptors (Lipinski definition) is 4. The zero-order valence-electron chi connectivity index (χ0n) is 10.3. The molecule has 0 spiro atoms. The van der Waals surface area contributed by atoms with Gasteiger partial charge in [-0.2, -0.15) is 5.26 Å². The molecular formula is C14H10ClN3O2. The topological polar surface area (TPSA) is 79.0 Å². The average Bonchev–Trinajstić information content (AvgIpc) is 2.46. The van der Waals surface area contributed by atoms with Gasteiger partial charge in [0.25, 0.3) is 5.69 Å². The first-order chi connectivity index (χ1) is 9.60. The van der Waals surface area contributed by atoms with Crippen LogP contribution in [-0.4, -0.2) is 4.92 Å². The Kier molecular flexibility index (Phi) is 4.18. The molecule has 0 aromatic heterocycles. The van der Waals surface area contributed by atoms with Gasteiger partial charge < -0.3 is 5.32 Å². The molecule has 0 heterocycles. The van der Waals surface area contributed by atoms with E-state index in [4.69, 9.17) is 16.9 Å². The third-order valence-corrected chi connectivity index (χ3v) is 2.98. The molecule has 0 fully saturated rings. The number of nitro groups is 1. The monoisotopic (exact) mass is 287 g/mol. The second kappa shape index (κ2) is 6.04. The Morgan fingerprint density at radius 3 is 2.55 bits per heavy atom. The highest BCUT2D eigenvalue weighted by atomic mass is 35.5. The summed E-state index contributed by atoms with van der Waals surface area (Å²) in [5, 5.41) is 23.1. The molecule has 0 radical (unpaired) electrons. The zero-order chi connectivity index (χ0) is 14.5. The number of halogens is 1. The molecule has 100 valence electrons. The zero-order valence-corrected chi connectivity index (χ0v) is 11.1. The summed E-state index contributed by atoms with van der Waals surface area (Å²) in [6.45, 7) is 0.305. The van der Waals surface area contributed by atoms with E-state index in [0.29, 0.717) is 22.7 Å². The molecule has 2 rings (SSSR count). The van der Waals surface area contributed by atoms with Crippen molar-refractivity contribution in [1.29, 1.82) is 5.26 Å². The van der Waals surface area contributed by atoms with Crippen LogP contribution in [0.2, 0.25) is 5.02 Å². The molecule has 0 saturated carbocycles. The highest BCUT2D eigenvalue weighted by Gasteiger charge is 2.13. The summed E-state index contributed by atoms with van der Waals surface area (Å²) in [6, 6.07) is 13.5. The van der Waals surface area contributed by atoms with Gasteiger partial charge >= 0.3 is 0 Å². The van der Waals surface area contributed by atoms with E-state index in [-0.39, 0.29) is 5.69 Å². The van der Waals surface area contributed by atoms with Crippen LogP contribution in [0.1, 0.15) is 11.1 Å². The molecule has 0 bridgehead atoms. The molecule has 0 aliphatic heterocycles. The number of nitriles is 1. The molecule has 0 unspecified atom stereocenters. The van der Waals surface area contributed by atoms with E-state index < -0.39 is 4.92 Å². The standard InChI is InChI=1S/C14H10ClN3O2/c15-12-4-3-11(14(7-12)18(19)20)9-17-13-5-1-10(8-16)2-6-13/h1-7,17H,9H2. The number of nitrogens with one attached hydrogen (secondary N) is 1. The lowest BCUT2D eigenvalue weighted by Crippen LogP contribution is -2.03. The van der Waals surface area contributed by atoms with Crippen LogP contribution < -0.4 is 5.32 Å². The highest BCUT2D eigenvalue weighted by molar-refractivity contribution is 6.30. The predicted octanol–water partition coefficient (Wildman–Crippen LogP) is 3.73. The van der Waals surface area contributed by atoms with Crippen molar-refractivity contribution in [2.24, 2.45) is 0 Å². The summed E-state index contributed by atoms with van der Waals surface area (Å²) in [5.41, 5.74) is 1.88. The highest BCUT2D eigenvalue weighted by Crippen LogP contribution is 2.24. The summed E-state index contributed by atoms with van der Waals surface area (Å²) in [7, 11) is 0. The molecule has 0 aliphatic rings. The van der Waals surface area contributed by atoms with Gasteiger partial charge in [0.15, 0.2) is 0 Å². The Bertz CT molecular complexity index is 678. The lowest BCUT2D eigenvalue weighted by molar-refractivity contribution is -0.385. The molecule has 2 aromatic rings. The lowest BCUT2D eigenvalue weighted by Gasteiger charge is -2.07. The van der Waals surface area contributed by atoms with E-state index in [1.54, 1.807) is 36.4 Å². The summed E-state index contributed by atoms with van der Waals surface area (Å²) < 4.78 is 0. The van der Waals surface area contributed by atoms with Crippen LogP contribution in [0.15, 0.2) is 42.5 Å². The van der Waals surface area contributed by atoms with Gasteiger partial charge in [-0.15, -0.1) is 0 Å². The minimum atomic E-state index is -0.457. The molecule has 2 aromatic carbocycles. The van der Waals surface area contributed by atoms with Crippen molar-refractivity contribution >= 4 is 23.0 Å². The van der Waals surface area contributed by atoms with Gasteiger partial charge in [-0.3, -0.25) is 10.1 Å². The summed E-state index contributed by atoms with van der Waals surface area (Å²) >= 11 is 5.76. The van der Waals surface area contributed by atoms with Gasteiger partial charge in [0.2, 0.25) is 0 Å². The van der Waals surface area contributed by atoms with Crippen molar-refractivity contribution in [1.82, 2.24) is 0 Å². The molecule has 0 atom stereocenters. The second-order valence-electron chi connectivity index (χ2n) is 4.07. The van der Waals surface area contributed by atoms with Crippen molar-refractivity contribution in [2.45, 2.75) is 6.54 Å². The van der Waals surface area contributed by atoms with Gasteiger partial charge in [0.05, 0.1) is 16.6 Å². The smallest absolute Gasteiger partial charge is 0.275 e. The molecule has 6 heteroatoms. The average molecular weight is 288 g/mol. The van der Waals surface area contributed by atoms with Crippen molar-refractivity contribution in [3.63, 3.8) is 0 Å². The van der Waals surface area contributed by atoms with Crippen LogP contribution in [0.5, 0.6) is 0 Å². The second-order valence-corrected chi connectivity index (χ2v) is 4.51. The molecular weight excluding hydrogens is 278 g/mol. The summed E-state index contributed by atoms with van der Waals surface area (Å²) in [4.78, 5) is 10.5. The van der Waals surface area contributed by atoms with Crippen LogP contribution in [0.25, 0.3) is 0 Å². The Morgan fingerprint density at radius 1 is 1.25 bits per heavy atom. The van der Waals surface area contributed by atoms with Gasteiger partial charge in [-0.1, -0.05) is 11.6 Å². The number of benzene rings is 2. The maximum Gasteiger partial charge on any atom is 0.275 e. The fraction of sp³-hybridized carbons (Fsp3) is 0.0714. The summed E-state index contributed by atoms with van der Waals surface area (Å²) in [5.74, 6) is 0. The largest absolute Gasteiger partial charge is 0.381 e. The van der Waals surface area contributed by atoms with E-state index in [9.17, 15) is 10.1 Å². The minimum Gasteiger partial charge on any atom is -0.381 e. The van der Waals surface area contributed by atoms with Crippen LogP contribution in [-0.2, 0) is 6.54 Å². The minimum absolute atomic E-state index is 0.0151. The first kappa shape index (κ1) is 13.8. The first-order valence-corrected chi connectivity index (χ1v) is 6.15. The number of anilines is 1. The fourth-order valence-corrected chi connectivity index (χ4v) is 1.88. The molecule has 0 saturated heterocycles. The predicted molar refractivity (Wildman–Crippen MR) is 76.6 cm³/mol. The van der Waals surface area contributed by atoms with Crippen molar-refractivity contribution in [3.05, 3.63) is 68.7 Å². The van der Waals surface area contributed by atoms with Crippen LogP contribution >= 0.6 is 11.6 Å². The number of hydrogen-bond donors (Lipinski definition) is 1. The number of rotatable bonds is 4. The number of nitrogens with zero attached hydrogens (tertiary/aromatic N) is 2. The molecule has 0 amide bonds. The van der Waals surface area contributed by atoms with E-state index >= 15 is 0 Å². The Balaban J connectivity index is 2.14. The third-order valence-electron chi connectivity index (χ3n) is 2.74. The maximum absolute atomic E-state index is 11.0. The van der Waals surface area contributed by atoms with Crippen LogP contribution in [0, 0.1) is 21.4 Å². The molecule has 5 nitrogen and oxygen atoms in total. The van der Waals surface area contributed by atoms with Crippen molar-refractivity contribution in [2.75, 3.05) is 5.32 Å². The van der Waals surface area contributed by atoms with Gasteiger partial charge in [-0.25, -0.2) is 0 Å². The molecule has 0 aliphatic carbocycles. The van der Waals surface area contributed by atoms with Crippen molar-refractivity contribution in [3.8, 4) is 6.07 Å². The number of nitro benzene ring substituents is 1. The van der Waals surface area contributed by atoms with Crippen molar-refractivity contribution < 1.29 is 4.92 Å². The van der Waals surface area contributed by atoms with E-state index in [1.165, 1.54) is 6.07 Å². The van der Waals surface area contributed by atoms with E-state index in [2.05, 4.69) is 5.32 Å². The molecule has 20 heavy (non-hydrogen) atoms. The first-order valence-electron chi connectivity index (χ1n) is 5.77. The summed E-state index contributed by atoms with van der Waals surface area (Å²) in [6.07, 6.45) is 0. The Labute approximate surface area is 120 Å². The van der Waals surface area contributed by atoms with Crippen LogP contribution in [0.4, 0.5) is 11.4 Å². The Hall–Kier alpha value is -2.58. The molecule has 1 N–H and O–H groups in total. The maximum atomic E-state index is 11.0. The van der Waals surface area contributed by atoms with Gasteiger partial charge in [-0.05, 0) is 36.4 Å². The SMILES string of the molecule is N#Cc1ccc(NCc2ccc(Cl)cc2[N+](=O)[O-])cc1. The van der Waals surface area contributed by atoms with E-state index in [1.807, 2.05) is 6.07 Å². The quantitative estimate of drug-likeness (QED) is 0.686. The third kappa shape index (κ3) is 3.25. The lowest BCUT2D eigenvalue weighted by atomic mass is 10.1. The normalized spacial score (nSPS) is 9.80. The fourth-order valence-electron chi connectivity index (χ4n) is 1.72. The van der Waals surface area contributed by atoms with Crippen LogP contribution in [0.3, 0.4) is 0 Å². The Morgan fingerprint density at radius 2 is 1.95 bits per heavy atom.